The zero-order valence-electron chi connectivity index (χ0n) is 15.2. The van der Waals surface area contributed by atoms with E-state index in [0.717, 1.165) is 35.1 Å². The molecule has 1 aliphatic rings. The Morgan fingerprint density at radius 1 is 1.12 bits per heavy atom. The Hall–Kier alpha value is -2.92. The van der Waals surface area contributed by atoms with E-state index < -0.39 is 0 Å². The minimum atomic E-state index is -0.231. The van der Waals surface area contributed by atoms with Gasteiger partial charge in [0.05, 0.1) is 19.3 Å². The molecular weight excluding hydrogens is 327 g/mol. The summed E-state index contributed by atoms with van der Waals surface area (Å²) in [6.45, 7) is 0.782. The van der Waals surface area contributed by atoms with Crippen LogP contribution in [0.4, 0.5) is 21.7 Å². The lowest BCUT2D eigenvalue weighted by atomic mass is 10.1. The van der Waals surface area contributed by atoms with E-state index in [1.165, 1.54) is 12.1 Å². The lowest BCUT2D eigenvalue weighted by Crippen LogP contribution is -2.38. The lowest BCUT2D eigenvalue weighted by Gasteiger charge is -2.30. The first-order valence-corrected chi connectivity index (χ1v) is 8.63. The Bertz CT molecular complexity index is 972. The molecule has 0 N–H and O–H groups in total. The van der Waals surface area contributed by atoms with Crippen LogP contribution in [-0.4, -0.2) is 30.7 Å². The molecule has 2 heterocycles. The van der Waals surface area contributed by atoms with Crippen molar-refractivity contribution < 1.29 is 4.39 Å². The summed E-state index contributed by atoms with van der Waals surface area (Å²) in [6.07, 6.45) is 6.32. The van der Waals surface area contributed by atoms with Gasteiger partial charge < -0.3 is 4.90 Å². The maximum atomic E-state index is 13.4. The first kappa shape index (κ1) is 16.5. The summed E-state index contributed by atoms with van der Waals surface area (Å²) < 4.78 is 15.9. The molecule has 1 aliphatic heterocycles. The number of aromatic nitrogens is 2. The summed E-state index contributed by atoms with van der Waals surface area (Å²) in [7, 11) is 6.13. The van der Waals surface area contributed by atoms with Crippen LogP contribution in [0.1, 0.15) is 0 Å². The van der Waals surface area contributed by atoms with Crippen LogP contribution in [-0.2, 0) is 6.54 Å². The van der Waals surface area contributed by atoms with Crippen LogP contribution in [0.2, 0.25) is 0 Å². The van der Waals surface area contributed by atoms with Gasteiger partial charge in [-0.2, -0.15) is 4.98 Å². The van der Waals surface area contributed by atoms with Crippen molar-refractivity contribution in [2.75, 3.05) is 26.0 Å². The number of quaternary nitrogens is 1. The smallest absolute Gasteiger partial charge is 0.319 e. The molecule has 1 aromatic heterocycles. The second kappa shape index (κ2) is 6.11. The van der Waals surface area contributed by atoms with Gasteiger partial charge in [0.15, 0.2) is 0 Å². The number of imidazole rings is 1. The fourth-order valence-electron chi connectivity index (χ4n) is 3.38. The van der Waals surface area contributed by atoms with E-state index in [-0.39, 0.29) is 5.82 Å². The Balaban J connectivity index is 1.80. The maximum Gasteiger partial charge on any atom is 0.319 e. The van der Waals surface area contributed by atoms with Gasteiger partial charge in [-0.25, -0.2) is 8.87 Å². The zero-order chi connectivity index (χ0) is 18.3. The second-order valence-electron chi connectivity index (χ2n) is 6.96. The standard InChI is InChI=1S/C21H22FN4/c1-24(2)18-7-4-6-16(14-18)20-15-25-12-5-13-26(3,21(25)23-20)19-10-8-17(22)9-11-19/h4-11,13-15H,12H2,1-3H3/q+1. The van der Waals surface area contributed by atoms with Crippen LogP contribution in [0.25, 0.3) is 11.3 Å². The Kier molecular flexibility index (Phi) is 3.89. The van der Waals surface area contributed by atoms with Crippen molar-refractivity contribution in [3.05, 3.63) is 72.8 Å². The summed E-state index contributed by atoms with van der Waals surface area (Å²) in [4.78, 5) is 7.03. The number of nitrogens with zero attached hydrogens (tertiary/aromatic N) is 4. The second-order valence-corrected chi connectivity index (χ2v) is 6.96. The average molecular weight is 349 g/mol. The normalized spacial score (nSPS) is 18.6. The summed E-state index contributed by atoms with van der Waals surface area (Å²) in [6, 6.07) is 15.0. The van der Waals surface area contributed by atoms with Gasteiger partial charge in [-0.1, -0.05) is 12.1 Å². The van der Waals surface area contributed by atoms with Crippen molar-refractivity contribution in [2.24, 2.45) is 0 Å². The Labute approximate surface area is 153 Å². The van der Waals surface area contributed by atoms with Crippen LogP contribution in [0.5, 0.6) is 0 Å². The molecule has 26 heavy (non-hydrogen) atoms. The number of hydrogen-bond acceptors (Lipinski definition) is 2. The number of anilines is 1. The minimum absolute atomic E-state index is 0.231. The summed E-state index contributed by atoms with van der Waals surface area (Å²) >= 11 is 0. The van der Waals surface area contributed by atoms with Gasteiger partial charge in [-0.3, -0.25) is 4.57 Å². The predicted molar refractivity (Wildman–Crippen MR) is 105 cm³/mol. The molecule has 0 saturated heterocycles. The first-order chi connectivity index (χ1) is 12.5. The van der Waals surface area contributed by atoms with Gasteiger partial charge in [0.1, 0.15) is 17.7 Å². The summed E-state index contributed by atoms with van der Waals surface area (Å²) in [5.74, 6) is 0.690. The molecule has 1 atom stereocenters. The van der Waals surface area contributed by atoms with Gasteiger partial charge in [0.2, 0.25) is 0 Å². The monoisotopic (exact) mass is 349 g/mol. The number of allylic oxidation sites excluding steroid dienone is 1. The highest BCUT2D eigenvalue weighted by Gasteiger charge is 2.34. The number of hydrogen-bond donors (Lipinski definition) is 0. The quantitative estimate of drug-likeness (QED) is 0.647. The van der Waals surface area contributed by atoms with E-state index >= 15 is 0 Å². The van der Waals surface area contributed by atoms with Crippen molar-refractivity contribution in [1.82, 2.24) is 14.0 Å². The Morgan fingerprint density at radius 2 is 1.88 bits per heavy atom. The molecule has 0 aliphatic carbocycles. The van der Waals surface area contributed by atoms with Crippen LogP contribution in [0.15, 0.2) is 67.0 Å². The third kappa shape index (κ3) is 2.70. The molecule has 1 unspecified atom stereocenters. The number of rotatable bonds is 3. The fraction of sp³-hybridized carbons (Fsp3) is 0.190. The van der Waals surface area contributed by atoms with E-state index in [0.29, 0.717) is 4.48 Å². The number of halogens is 1. The molecule has 3 aromatic rings. The van der Waals surface area contributed by atoms with E-state index in [1.807, 2.05) is 26.2 Å². The minimum Gasteiger partial charge on any atom is -0.378 e. The highest BCUT2D eigenvalue weighted by atomic mass is 19.1. The van der Waals surface area contributed by atoms with Gasteiger partial charge in [-0.05, 0) is 30.3 Å². The van der Waals surface area contributed by atoms with Crippen LogP contribution < -0.4 is 9.38 Å². The summed E-state index contributed by atoms with van der Waals surface area (Å²) in [5.41, 5.74) is 4.15. The molecule has 0 saturated carbocycles. The molecule has 4 rings (SSSR count). The first-order valence-electron chi connectivity index (χ1n) is 8.63. The summed E-state index contributed by atoms with van der Waals surface area (Å²) in [5, 5.41) is 0. The molecule has 2 aromatic carbocycles. The SMILES string of the molecule is CN(C)c1cccc(-c2cn3c(n2)[N+](C)(c2ccc(F)cc2)C=CC3)c1. The van der Waals surface area contributed by atoms with Gasteiger partial charge >= 0.3 is 5.95 Å². The fourth-order valence-corrected chi connectivity index (χ4v) is 3.38. The van der Waals surface area contributed by atoms with E-state index in [4.69, 9.17) is 4.98 Å². The van der Waals surface area contributed by atoms with Crippen molar-refractivity contribution in [3.8, 4) is 11.3 Å². The predicted octanol–water partition coefficient (Wildman–Crippen LogP) is 4.55. The van der Waals surface area contributed by atoms with Crippen LogP contribution in [0.3, 0.4) is 0 Å². The van der Waals surface area contributed by atoms with Crippen molar-refractivity contribution in [3.63, 3.8) is 0 Å². The largest absolute Gasteiger partial charge is 0.378 e. The lowest BCUT2D eigenvalue weighted by molar-refractivity contribution is 0.520. The van der Waals surface area contributed by atoms with Gasteiger partial charge in [-0.15, -0.1) is 0 Å². The highest BCUT2D eigenvalue weighted by Crippen LogP contribution is 2.37. The van der Waals surface area contributed by atoms with Crippen molar-refractivity contribution >= 4 is 17.3 Å². The molecule has 0 amide bonds. The molecule has 0 radical (unpaired) electrons. The molecule has 0 fully saturated rings. The van der Waals surface area contributed by atoms with Crippen molar-refractivity contribution in [2.45, 2.75) is 6.54 Å². The number of fused-ring (bicyclic) bond motifs is 1. The molecule has 0 spiro atoms. The van der Waals surface area contributed by atoms with Gasteiger partial charge in [0, 0.05) is 43.7 Å². The molecule has 5 heteroatoms. The van der Waals surface area contributed by atoms with Crippen LogP contribution in [0, 0.1) is 5.82 Å². The van der Waals surface area contributed by atoms with Gasteiger partial charge in [0.25, 0.3) is 0 Å². The van der Waals surface area contributed by atoms with E-state index in [1.54, 1.807) is 0 Å². The molecular formula is C21H22FN4+. The van der Waals surface area contributed by atoms with E-state index in [2.05, 4.69) is 59.3 Å². The van der Waals surface area contributed by atoms with E-state index in [9.17, 15) is 4.39 Å². The molecule has 4 nitrogen and oxygen atoms in total. The molecule has 132 valence electrons. The topological polar surface area (TPSA) is 21.1 Å². The molecule has 0 bridgehead atoms. The third-order valence-electron chi connectivity index (χ3n) is 4.90. The highest BCUT2D eigenvalue weighted by molar-refractivity contribution is 5.68. The van der Waals surface area contributed by atoms with Crippen LogP contribution >= 0.6 is 0 Å². The number of benzene rings is 2. The third-order valence-corrected chi connectivity index (χ3v) is 4.90. The zero-order valence-corrected chi connectivity index (χ0v) is 15.2. The maximum absolute atomic E-state index is 13.4. The average Bonchev–Trinajstić information content (AvgIpc) is 3.08. The van der Waals surface area contributed by atoms with Crippen molar-refractivity contribution in [1.29, 1.82) is 0 Å². The Morgan fingerprint density at radius 3 is 2.62 bits per heavy atom.